The third-order valence-electron chi connectivity index (χ3n) is 5.33. The van der Waals surface area contributed by atoms with Crippen LogP contribution in [0.5, 0.6) is 5.75 Å². The molecule has 6 heteroatoms. The number of likely N-dealkylation sites (tertiary alicyclic amines) is 1. The Kier molecular flexibility index (Phi) is 5.65. The fourth-order valence-electron chi connectivity index (χ4n) is 3.85. The van der Waals surface area contributed by atoms with Crippen LogP contribution in [0.25, 0.3) is 10.8 Å². The molecular formula is C21H25NO5. The highest BCUT2D eigenvalue weighted by atomic mass is 16.5. The minimum atomic E-state index is -1.02. The molecule has 0 aliphatic carbocycles. The number of amides is 1. The maximum Gasteiger partial charge on any atom is 0.313 e. The third-order valence-corrected chi connectivity index (χ3v) is 5.33. The summed E-state index contributed by atoms with van der Waals surface area (Å²) in [5.74, 6) is -0.228. The Morgan fingerprint density at radius 2 is 2.04 bits per heavy atom. The van der Waals surface area contributed by atoms with Gasteiger partial charge in [0.05, 0.1) is 20.1 Å². The highest BCUT2D eigenvalue weighted by Gasteiger charge is 2.43. The average molecular weight is 371 g/mol. The number of carboxylic acid groups (broad SMARTS) is 1. The molecule has 27 heavy (non-hydrogen) atoms. The minimum absolute atomic E-state index is 0.0632. The number of carbonyl (C=O) groups is 2. The maximum absolute atomic E-state index is 12.9. The first-order chi connectivity index (χ1) is 13.0. The van der Waals surface area contributed by atoms with Crippen LogP contribution in [0.4, 0.5) is 0 Å². The van der Waals surface area contributed by atoms with Crippen LogP contribution in [0.1, 0.15) is 18.4 Å². The molecule has 0 bridgehead atoms. The van der Waals surface area contributed by atoms with Crippen molar-refractivity contribution in [1.29, 1.82) is 0 Å². The molecule has 1 unspecified atom stereocenters. The lowest BCUT2D eigenvalue weighted by Gasteiger charge is -2.39. The Morgan fingerprint density at radius 1 is 1.22 bits per heavy atom. The van der Waals surface area contributed by atoms with Gasteiger partial charge in [-0.25, -0.2) is 0 Å². The Balaban J connectivity index is 1.83. The number of methoxy groups -OCH3 is 2. The van der Waals surface area contributed by atoms with E-state index in [0.717, 1.165) is 22.1 Å². The number of hydrogen-bond donors (Lipinski definition) is 1. The number of nitrogens with zero attached hydrogens (tertiary/aromatic N) is 1. The molecule has 0 spiro atoms. The summed E-state index contributed by atoms with van der Waals surface area (Å²) < 4.78 is 10.4. The van der Waals surface area contributed by atoms with E-state index in [9.17, 15) is 14.7 Å². The van der Waals surface area contributed by atoms with Gasteiger partial charge in [0.1, 0.15) is 11.2 Å². The van der Waals surface area contributed by atoms with E-state index in [2.05, 4.69) is 0 Å². The van der Waals surface area contributed by atoms with Gasteiger partial charge >= 0.3 is 5.97 Å². The van der Waals surface area contributed by atoms with Gasteiger partial charge in [-0.15, -0.1) is 0 Å². The monoisotopic (exact) mass is 371 g/mol. The fourth-order valence-corrected chi connectivity index (χ4v) is 3.85. The summed E-state index contributed by atoms with van der Waals surface area (Å²) in [5, 5.41) is 11.7. The molecule has 1 saturated heterocycles. The molecule has 1 aliphatic rings. The molecule has 6 nitrogen and oxygen atoms in total. The molecule has 1 fully saturated rings. The van der Waals surface area contributed by atoms with Crippen molar-refractivity contribution in [3.05, 3.63) is 42.0 Å². The van der Waals surface area contributed by atoms with Crippen molar-refractivity contribution < 1.29 is 24.2 Å². The van der Waals surface area contributed by atoms with E-state index in [4.69, 9.17) is 9.47 Å². The Bertz CT molecular complexity index is 846. The van der Waals surface area contributed by atoms with E-state index < -0.39 is 11.4 Å². The lowest BCUT2D eigenvalue weighted by molar-refractivity contribution is -0.159. The number of ether oxygens (including phenoxy) is 2. The van der Waals surface area contributed by atoms with Crippen LogP contribution in [0.15, 0.2) is 36.4 Å². The molecule has 0 radical (unpaired) electrons. The molecule has 144 valence electrons. The number of fused-ring (bicyclic) bond motifs is 1. The summed E-state index contributed by atoms with van der Waals surface area (Å²) in [6, 6.07) is 11.7. The van der Waals surface area contributed by atoms with Crippen LogP contribution in [-0.2, 0) is 20.7 Å². The van der Waals surface area contributed by atoms with Crippen molar-refractivity contribution in [3.8, 4) is 5.75 Å². The van der Waals surface area contributed by atoms with Crippen LogP contribution >= 0.6 is 0 Å². The first kappa shape index (κ1) is 19.2. The van der Waals surface area contributed by atoms with Gasteiger partial charge in [0.2, 0.25) is 5.91 Å². The molecule has 0 aromatic heterocycles. The fraction of sp³-hybridized carbons (Fsp3) is 0.429. The number of carbonyl (C=O) groups excluding carboxylic acids is 1. The molecule has 1 atom stereocenters. The van der Waals surface area contributed by atoms with Crippen LogP contribution in [0, 0.1) is 5.41 Å². The summed E-state index contributed by atoms with van der Waals surface area (Å²) in [6.45, 7) is 0.867. The minimum Gasteiger partial charge on any atom is -0.497 e. The largest absolute Gasteiger partial charge is 0.497 e. The smallest absolute Gasteiger partial charge is 0.313 e. The van der Waals surface area contributed by atoms with Crippen molar-refractivity contribution in [2.75, 3.05) is 33.9 Å². The predicted molar refractivity (Wildman–Crippen MR) is 102 cm³/mol. The van der Waals surface area contributed by atoms with Gasteiger partial charge in [-0.2, -0.15) is 0 Å². The van der Waals surface area contributed by atoms with E-state index in [-0.39, 0.29) is 25.5 Å². The molecule has 2 aromatic rings. The molecule has 1 aliphatic heterocycles. The van der Waals surface area contributed by atoms with Gasteiger partial charge in [-0.05, 0) is 41.3 Å². The van der Waals surface area contributed by atoms with Crippen LogP contribution < -0.4 is 4.74 Å². The van der Waals surface area contributed by atoms with Crippen molar-refractivity contribution in [1.82, 2.24) is 4.90 Å². The molecule has 1 amide bonds. The van der Waals surface area contributed by atoms with Gasteiger partial charge in [0.25, 0.3) is 0 Å². The van der Waals surface area contributed by atoms with Crippen LogP contribution in [0.3, 0.4) is 0 Å². The quantitative estimate of drug-likeness (QED) is 0.845. The second kappa shape index (κ2) is 7.96. The summed E-state index contributed by atoms with van der Waals surface area (Å²) in [6.07, 6.45) is 1.41. The van der Waals surface area contributed by atoms with Crippen molar-refractivity contribution in [2.45, 2.75) is 19.3 Å². The zero-order chi connectivity index (χ0) is 19.4. The summed E-state index contributed by atoms with van der Waals surface area (Å²) in [7, 11) is 3.11. The van der Waals surface area contributed by atoms with E-state index in [1.54, 1.807) is 12.0 Å². The number of hydrogen-bond acceptors (Lipinski definition) is 4. The number of aliphatic carboxylic acids is 1. The highest BCUT2D eigenvalue weighted by molar-refractivity contribution is 5.91. The SMILES string of the molecule is COCC1(C(=O)O)CCCN(C(=O)Cc2cccc3ccc(OC)cc23)C1. The normalized spacial score (nSPS) is 19.9. The van der Waals surface area contributed by atoms with Crippen molar-refractivity contribution in [3.63, 3.8) is 0 Å². The first-order valence-electron chi connectivity index (χ1n) is 9.05. The Labute approximate surface area is 158 Å². The number of benzene rings is 2. The van der Waals surface area contributed by atoms with E-state index >= 15 is 0 Å². The lowest BCUT2D eigenvalue weighted by Crippen LogP contribution is -2.52. The Morgan fingerprint density at radius 3 is 2.74 bits per heavy atom. The average Bonchev–Trinajstić information content (AvgIpc) is 2.68. The Hall–Kier alpha value is -2.60. The molecule has 0 saturated carbocycles. The molecular weight excluding hydrogens is 346 g/mol. The molecule has 1 heterocycles. The number of rotatable bonds is 6. The van der Waals surface area contributed by atoms with Gasteiger partial charge in [-0.3, -0.25) is 9.59 Å². The van der Waals surface area contributed by atoms with Gasteiger partial charge in [0.15, 0.2) is 0 Å². The standard InChI is InChI=1S/C21H25NO5/c1-26-14-21(20(24)25)9-4-10-22(13-21)19(23)11-16-6-3-5-15-7-8-17(27-2)12-18(15)16/h3,5-8,12H,4,9-11,13-14H2,1-2H3,(H,24,25). The number of carboxylic acids is 1. The molecule has 3 rings (SSSR count). The highest BCUT2D eigenvalue weighted by Crippen LogP contribution is 2.32. The first-order valence-corrected chi connectivity index (χ1v) is 9.05. The third kappa shape index (κ3) is 3.90. The van der Waals surface area contributed by atoms with Crippen LogP contribution in [0.2, 0.25) is 0 Å². The van der Waals surface area contributed by atoms with E-state index in [1.165, 1.54) is 7.11 Å². The van der Waals surface area contributed by atoms with Crippen molar-refractivity contribution >= 4 is 22.6 Å². The summed E-state index contributed by atoms with van der Waals surface area (Å²) in [4.78, 5) is 26.4. The van der Waals surface area contributed by atoms with Crippen LogP contribution in [-0.4, -0.2) is 55.8 Å². The molecule has 2 aromatic carbocycles. The zero-order valence-electron chi connectivity index (χ0n) is 15.7. The predicted octanol–water partition coefficient (Wildman–Crippen LogP) is 2.73. The van der Waals surface area contributed by atoms with E-state index in [1.807, 2.05) is 36.4 Å². The van der Waals surface area contributed by atoms with E-state index in [0.29, 0.717) is 19.4 Å². The van der Waals surface area contributed by atoms with Gasteiger partial charge < -0.3 is 19.5 Å². The van der Waals surface area contributed by atoms with Gasteiger partial charge in [0, 0.05) is 20.2 Å². The lowest BCUT2D eigenvalue weighted by atomic mass is 9.80. The van der Waals surface area contributed by atoms with Crippen molar-refractivity contribution in [2.24, 2.45) is 5.41 Å². The second-order valence-electron chi connectivity index (χ2n) is 7.12. The summed E-state index contributed by atoms with van der Waals surface area (Å²) in [5.41, 5.74) is -0.111. The maximum atomic E-state index is 12.9. The topological polar surface area (TPSA) is 76.1 Å². The zero-order valence-corrected chi connectivity index (χ0v) is 15.7. The molecule has 1 N–H and O–H groups in total. The second-order valence-corrected chi connectivity index (χ2v) is 7.12. The number of piperidine rings is 1. The summed E-state index contributed by atoms with van der Waals surface area (Å²) >= 11 is 0. The van der Waals surface area contributed by atoms with Gasteiger partial charge in [-0.1, -0.05) is 24.3 Å².